The highest BCUT2D eigenvalue weighted by atomic mass is 32.1. The molecule has 0 bridgehead atoms. The first kappa shape index (κ1) is 14.5. The van der Waals surface area contributed by atoms with Gasteiger partial charge in [0.05, 0.1) is 0 Å². The van der Waals surface area contributed by atoms with Crippen molar-refractivity contribution in [3.63, 3.8) is 0 Å². The highest BCUT2D eigenvalue weighted by molar-refractivity contribution is 7.10. The quantitative estimate of drug-likeness (QED) is 0.769. The molecule has 1 aliphatic carbocycles. The lowest BCUT2D eigenvalue weighted by atomic mass is 9.79. The normalized spacial score (nSPS) is 24.9. The molecule has 1 aromatic heterocycles. The predicted molar refractivity (Wildman–Crippen MR) is 76.8 cm³/mol. The first-order valence-corrected chi connectivity index (χ1v) is 7.78. The second kappa shape index (κ2) is 7.03. The average molecular weight is 282 g/mol. The van der Waals surface area contributed by atoms with Gasteiger partial charge in [0.2, 0.25) is 5.91 Å². The molecule has 3 atom stereocenters. The van der Waals surface area contributed by atoms with Gasteiger partial charge in [-0.1, -0.05) is 18.9 Å². The van der Waals surface area contributed by atoms with E-state index in [1.54, 1.807) is 0 Å². The van der Waals surface area contributed by atoms with E-state index >= 15 is 0 Å². The van der Waals surface area contributed by atoms with Crippen LogP contribution in [-0.4, -0.2) is 24.2 Å². The summed E-state index contributed by atoms with van der Waals surface area (Å²) < 4.78 is 0. The second-order valence-corrected chi connectivity index (χ2v) is 6.20. The number of aliphatic hydroxyl groups excluding tert-OH is 1. The number of hydrogen-bond donors (Lipinski definition) is 3. The van der Waals surface area contributed by atoms with Crippen LogP contribution in [0.5, 0.6) is 0 Å². The summed E-state index contributed by atoms with van der Waals surface area (Å²) in [6.07, 6.45) is 4.52. The SMILES string of the molecule is NC(C(=O)NCC1CCCCC1CO)c1cccs1. The average Bonchev–Trinajstić information content (AvgIpc) is 2.98. The Bertz CT molecular complexity index is 394. The summed E-state index contributed by atoms with van der Waals surface area (Å²) in [5, 5.41) is 14.2. The summed E-state index contributed by atoms with van der Waals surface area (Å²) in [4.78, 5) is 12.9. The third-order valence-electron chi connectivity index (χ3n) is 3.97. The van der Waals surface area contributed by atoms with Crippen LogP contribution in [0.15, 0.2) is 17.5 Å². The van der Waals surface area contributed by atoms with Gasteiger partial charge in [-0.3, -0.25) is 4.79 Å². The fourth-order valence-corrected chi connectivity index (χ4v) is 3.46. The zero-order valence-electron chi connectivity index (χ0n) is 11.0. The molecule has 1 fully saturated rings. The number of nitrogens with one attached hydrogen (secondary N) is 1. The number of nitrogens with two attached hydrogens (primary N) is 1. The molecule has 4 N–H and O–H groups in total. The van der Waals surface area contributed by atoms with Crippen LogP contribution in [0.4, 0.5) is 0 Å². The van der Waals surface area contributed by atoms with Crippen LogP contribution in [0, 0.1) is 11.8 Å². The maximum atomic E-state index is 12.0. The molecule has 106 valence electrons. The molecule has 0 aromatic carbocycles. The zero-order valence-corrected chi connectivity index (χ0v) is 11.9. The van der Waals surface area contributed by atoms with E-state index in [0.717, 1.165) is 17.7 Å². The van der Waals surface area contributed by atoms with Gasteiger partial charge in [-0.2, -0.15) is 0 Å². The molecule has 0 aliphatic heterocycles. The summed E-state index contributed by atoms with van der Waals surface area (Å²) in [6.45, 7) is 0.848. The highest BCUT2D eigenvalue weighted by Gasteiger charge is 2.25. The minimum absolute atomic E-state index is 0.121. The summed E-state index contributed by atoms with van der Waals surface area (Å²) >= 11 is 1.50. The lowest BCUT2D eigenvalue weighted by Gasteiger charge is -2.30. The van der Waals surface area contributed by atoms with Crippen molar-refractivity contribution in [3.8, 4) is 0 Å². The molecule has 1 amide bonds. The topological polar surface area (TPSA) is 75.4 Å². The van der Waals surface area contributed by atoms with Gasteiger partial charge >= 0.3 is 0 Å². The zero-order chi connectivity index (χ0) is 13.7. The Hall–Kier alpha value is -0.910. The van der Waals surface area contributed by atoms with Gasteiger partial charge in [0.25, 0.3) is 0 Å². The molecule has 3 unspecified atom stereocenters. The molecule has 1 saturated carbocycles. The van der Waals surface area contributed by atoms with E-state index in [-0.39, 0.29) is 12.5 Å². The van der Waals surface area contributed by atoms with Crippen LogP contribution in [0.1, 0.15) is 36.6 Å². The smallest absolute Gasteiger partial charge is 0.242 e. The monoisotopic (exact) mass is 282 g/mol. The molecule has 0 saturated heterocycles. The van der Waals surface area contributed by atoms with Gasteiger partial charge in [-0.25, -0.2) is 0 Å². The summed E-state index contributed by atoms with van der Waals surface area (Å²) in [7, 11) is 0. The minimum Gasteiger partial charge on any atom is -0.396 e. The van der Waals surface area contributed by atoms with Crippen LogP contribution >= 0.6 is 11.3 Å². The molecule has 19 heavy (non-hydrogen) atoms. The Balaban J connectivity index is 1.82. The minimum atomic E-state index is -0.573. The van der Waals surface area contributed by atoms with Crippen LogP contribution < -0.4 is 11.1 Å². The summed E-state index contributed by atoms with van der Waals surface area (Å²) in [6, 6.07) is 3.21. The summed E-state index contributed by atoms with van der Waals surface area (Å²) in [5.74, 6) is 0.593. The highest BCUT2D eigenvalue weighted by Crippen LogP contribution is 2.29. The van der Waals surface area contributed by atoms with Crippen LogP contribution in [0.25, 0.3) is 0 Å². The van der Waals surface area contributed by atoms with E-state index in [0.29, 0.717) is 18.4 Å². The van der Waals surface area contributed by atoms with E-state index in [2.05, 4.69) is 5.32 Å². The standard InChI is InChI=1S/C14H22N2O2S/c15-13(12-6-3-7-19-12)14(18)16-8-10-4-1-2-5-11(10)9-17/h3,6-7,10-11,13,17H,1-2,4-5,8-9,15H2,(H,16,18). The first-order chi connectivity index (χ1) is 9.22. The van der Waals surface area contributed by atoms with Gasteiger partial charge in [-0.05, 0) is 36.1 Å². The lowest BCUT2D eigenvalue weighted by molar-refractivity contribution is -0.122. The van der Waals surface area contributed by atoms with E-state index in [1.165, 1.54) is 24.2 Å². The van der Waals surface area contributed by atoms with Crippen molar-refractivity contribution in [1.29, 1.82) is 0 Å². The molecule has 0 spiro atoms. The van der Waals surface area contributed by atoms with E-state index in [4.69, 9.17) is 5.73 Å². The number of amides is 1. The molecule has 4 nitrogen and oxygen atoms in total. The van der Waals surface area contributed by atoms with Gasteiger partial charge in [0.15, 0.2) is 0 Å². The number of carbonyl (C=O) groups is 1. The molecule has 5 heteroatoms. The Kier molecular flexibility index (Phi) is 5.36. The van der Waals surface area contributed by atoms with Gasteiger partial charge < -0.3 is 16.2 Å². The van der Waals surface area contributed by atoms with Crippen LogP contribution in [0.2, 0.25) is 0 Å². The fraction of sp³-hybridized carbons (Fsp3) is 0.643. The maximum absolute atomic E-state index is 12.0. The molecule has 1 aromatic rings. The number of rotatable bonds is 5. The number of carbonyl (C=O) groups excluding carboxylic acids is 1. The summed E-state index contributed by atoms with van der Waals surface area (Å²) in [5.41, 5.74) is 5.91. The number of thiophene rings is 1. The number of aliphatic hydroxyl groups is 1. The fourth-order valence-electron chi connectivity index (χ4n) is 2.73. The Labute approximate surface area is 118 Å². The van der Waals surface area contributed by atoms with Crippen molar-refractivity contribution in [2.45, 2.75) is 31.7 Å². The van der Waals surface area contributed by atoms with E-state index in [9.17, 15) is 9.90 Å². The van der Waals surface area contributed by atoms with Crippen LogP contribution in [-0.2, 0) is 4.79 Å². The Morgan fingerprint density at radius 1 is 1.47 bits per heavy atom. The van der Waals surface area contributed by atoms with E-state index < -0.39 is 6.04 Å². The van der Waals surface area contributed by atoms with Crippen molar-refractivity contribution < 1.29 is 9.90 Å². The third kappa shape index (κ3) is 3.78. The van der Waals surface area contributed by atoms with Crippen molar-refractivity contribution in [3.05, 3.63) is 22.4 Å². The van der Waals surface area contributed by atoms with Crippen molar-refractivity contribution in [2.75, 3.05) is 13.2 Å². The van der Waals surface area contributed by atoms with Crippen molar-refractivity contribution in [2.24, 2.45) is 17.6 Å². The van der Waals surface area contributed by atoms with Crippen molar-refractivity contribution >= 4 is 17.2 Å². The molecule has 1 heterocycles. The molecular weight excluding hydrogens is 260 g/mol. The second-order valence-electron chi connectivity index (χ2n) is 5.23. The number of hydrogen-bond acceptors (Lipinski definition) is 4. The molecule has 1 aliphatic rings. The first-order valence-electron chi connectivity index (χ1n) is 6.90. The van der Waals surface area contributed by atoms with E-state index in [1.807, 2.05) is 17.5 Å². The van der Waals surface area contributed by atoms with Crippen molar-refractivity contribution in [1.82, 2.24) is 5.32 Å². The third-order valence-corrected chi connectivity index (χ3v) is 4.93. The lowest BCUT2D eigenvalue weighted by Crippen LogP contribution is -2.39. The van der Waals surface area contributed by atoms with Gasteiger partial charge in [0, 0.05) is 18.0 Å². The van der Waals surface area contributed by atoms with Crippen LogP contribution in [0.3, 0.4) is 0 Å². The maximum Gasteiger partial charge on any atom is 0.242 e. The largest absolute Gasteiger partial charge is 0.396 e. The van der Waals surface area contributed by atoms with Gasteiger partial charge in [-0.15, -0.1) is 11.3 Å². The van der Waals surface area contributed by atoms with Gasteiger partial charge in [0.1, 0.15) is 6.04 Å². The Morgan fingerprint density at radius 3 is 2.84 bits per heavy atom. The predicted octanol–water partition coefficient (Wildman–Crippen LogP) is 1.66. The Morgan fingerprint density at radius 2 is 2.21 bits per heavy atom. The molecular formula is C14H22N2O2S. The molecule has 2 rings (SSSR count). The molecule has 0 radical (unpaired) electrons.